The van der Waals surface area contributed by atoms with Crippen LogP contribution in [0.4, 0.5) is 5.69 Å². The number of thioether (sulfide) groups is 1. The van der Waals surface area contributed by atoms with Gasteiger partial charge in [-0.2, -0.15) is 5.10 Å². The second-order valence-electron chi connectivity index (χ2n) is 5.07. The Labute approximate surface area is 125 Å². The van der Waals surface area contributed by atoms with E-state index in [1.165, 1.54) is 10.5 Å². The minimum atomic E-state index is 0.517. The van der Waals surface area contributed by atoms with Crippen molar-refractivity contribution in [3.05, 3.63) is 41.7 Å². The molecule has 108 valence electrons. The van der Waals surface area contributed by atoms with Gasteiger partial charge in [-0.3, -0.25) is 4.68 Å². The molecule has 3 nitrogen and oxygen atoms in total. The molecule has 1 aromatic carbocycles. The lowest BCUT2D eigenvalue weighted by atomic mass is 10.2. The van der Waals surface area contributed by atoms with Gasteiger partial charge >= 0.3 is 0 Å². The molecule has 4 heteroatoms. The van der Waals surface area contributed by atoms with Crippen molar-refractivity contribution < 1.29 is 0 Å². The van der Waals surface area contributed by atoms with Crippen LogP contribution in [-0.2, 0) is 5.75 Å². The van der Waals surface area contributed by atoms with Gasteiger partial charge in [-0.15, -0.1) is 11.8 Å². The van der Waals surface area contributed by atoms with Crippen LogP contribution >= 0.6 is 11.8 Å². The highest BCUT2D eigenvalue weighted by molar-refractivity contribution is 7.98. The van der Waals surface area contributed by atoms with Gasteiger partial charge in [0.25, 0.3) is 0 Å². The third kappa shape index (κ3) is 3.57. The average molecular weight is 289 g/mol. The molecule has 0 bridgehead atoms. The number of rotatable bonds is 6. The fourth-order valence-electron chi connectivity index (χ4n) is 2.24. The summed E-state index contributed by atoms with van der Waals surface area (Å²) in [6.07, 6.45) is 4.35. The number of nitrogens with zero attached hydrogens (tertiary/aromatic N) is 2. The first-order chi connectivity index (χ1) is 9.63. The van der Waals surface area contributed by atoms with E-state index in [2.05, 4.69) is 48.9 Å². The lowest BCUT2D eigenvalue weighted by Gasteiger charge is -2.12. The van der Waals surface area contributed by atoms with Gasteiger partial charge in [0.05, 0.1) is 11.7 Å². The Morgan fingerprint density at radius 2 is 2.00 bits per heavy atom. The Hall–Kier alpha value is -1.42. The topological polar surface area (TPSA) is 43.8 Å². The van der Waals surface area contributed by atoms with Crippen molar-refractivity contribution >= 4 is 17.4 Å². The van der Waals surface area contributed by atoms with Crippen LogP contribution in [0.2, 0.25) is 0 Å². The summed E-state index contributed by atoms with van der Waals surface area (Å²) in [5, 5.41) is 4.68. The van der Waals surface area contributed by atoms with Crippen LogP contribution in [-0.4, -0.2) is 9.78 Å². The van der Waals surface area contributed by atoms with Crippen LogP contribution in [0.25, 0.3) is 0 Å². The fraction of sp³-hybridized carbons (Fsp3) is 0.438. The Balaban J connectivity index is 2.02. The number of anilines is 1. The molecule has 0 saturated carbocycles. The highest BCUT2D eigenvalue weighted by Crippen LogP contribution is 2.27. The highest BCUT2D eigenvalue weighted by Gasteiger charge is 2.08. The molecule has 1 heterocycles. The van der Waals surface area contributed by atoms with Crippen molar-refractivity contribution in [1.29, 1.82) is 0 Å². The molecule has 2 rings (SSSR count). The van der Waals surface area contributed by atoms with E-state index in [0.29, 0.717) is 6.04 Å². The Morgan fingerprint density at radius 3 is 2.70 bits per heavy atom. The smallest absolute Gasteiger partial charge is 0.0727 e. The van der Waals surface area contributed by atoms with Crippen molar-refractivity contribution in [2.45, 2.75) is 50.3 Å². The molecule has 0 spiro atoms. The van der Waals surface area contributed by atoms with Gasteiger partial charge in [-0.1, -0.05) is 19.9 Å². The van der Waals surface area contributed by atoms with E-state index >= 15 is 0 Å². The largest absolute Gasteiger partial charge is 0.399 e. The van der Waals surface area contributed by atoms with Crippen molar-refractivity contribution in [3.8, 4) is 0 Å². The number of hydrogen-bond donors (Lipinski definition) is 1. The Bertz CT molecular complexity index is 559. The summed E-state index contributed by atoms with van der Waals surface area (Å²) in [6.45, 7) is 6.53. The maximum atomic E-state index is 5.84. The SMILES string of the molecule is CCC(CC)n1ccc(CSc2cc(N)ccc2C)n1. The molecule has 20 heavy (non-hydrogen) atoms. The molecular weight excluding hydrogens is 266 g/mol. The summed E-state index contributed by atoms with van der Waals surface area (Å²) in [4.78, 5) is 1.24. The monoisotopic (exact) mass is 289 g/mol. The molecule has 2 N–H and O–H groups in total. The molecule has 0 saturated heterocycles. The molecule has 0 atom stereocenters. The molecule has 1 aromatic heterocycles. The maximum absolute atomic E-state index is 5.84. The molecule has 0 unspecified atom stereocenters. The molecular formula is C16H23N3S. The van der Waals surface area contributed by atoms with Crippen LogP contribution in [0.15, 0.2) is 35.4 Å². The second kappa shape index (κ2) is 6.84. The summed E-state index contributed by atoms with van der Waals surface area (Å²) in [7, 11) is 0. The molecule has 0 fully saturated rings. The van der Waals surface area contributed by atoms with Crippen molar-refractivity contribution in [1.82, 2.24) is 9.78 Å². The zero-order chi connectivity index (χ0) is 14.5. The number of benzene rings is 1. The zero-order valence-electron chi connectivity index (χ0n) is 12.5. The number of nitrogens with two attached hydrogens (primary N) is 1. The summed E-state index contributed by atoms with van der Waals surface area (Å²) in [5.74, 6) is 0.886. The summed E-state index contributed by atoms with van der Waals surface area (Å²) < 4.78 is 2.10. The zero-order valence-corrected chi connectivity index (χ0v) is 13.3. The van der Waals surface area contributed by atoms with E-state index in [9.17, 15) is 0 Å². The fourth-order valence-corrected chi connectivity index (χ4v) is 3.22. The summed E-state index contributed by atoms with van der Waals surface area (Å²) in [5.41, 5.74) is 9.06. The number of nitrogen functional groups attached to an aromatic ring is 1. The van der Waals surface area contributed by atoms with Crippen LogP contribution in [0.3, 0.4) is 0 Å². The number of aryl methyl sites for hydroxylation is 1. The van der Waals surface area contributed by atoms with Crippen LogP contribution < -0.4 is 5.73 Å². The third-order valence-corrected chi connectivity index (χ3v) is 4.76. The van der Waals surface area contributed by atoms with Gasteiger partial charge in [0.15, 0.2) is 0 Å². The number of hydrogen-bond acceptors (Lipinski definition) is 3. The van der Waals surface area contributed by atoms with Gasteiger partial charge in [-0.05, 0) is 43.5 Å². The molecule has 0 amide bonds. The van der Waals surface area contributed by atoms with Crippen LogP contribution in [0, 0.1) is 6.92 Å². The van der Waals surface area contributed by atoms with Crippen molar-refractivity contribution in [2.75, 3.05) is 5.73 Å². The lowest BCUT2D eigenvalue weighted by Crippen LogP contribution is -2.07. The standard InChI is InChI=1S/C16H23N3S/c1-4-15(5-2)19-9-8-14(18-19)11-20-16-10-13(17)7-6-12(16)3/h6-10,15H,4-5,11,17H2,1-3H3. The van der Waals surface area contributed by atoms with Gasteiger partial charge < -0.3 is 5.73 Å². The van der Waals surface area contributed by atoms with Crippen molar-refractivity contribution in [2.24, 2.45) is 0 Å². The summed E-state index contributed by atoms with van der Waals surface area (Å²) in [6, 6.07) is 8.69. The first-order valence-electron chi connectivity index (χ1n) is 7.17. The molecule has 0 aliphatic carbocycles. The highest BCUT2D eigenvalue weighted by atomic mass is 32.2. The van der Waals surface area contributed by atoms with Crippen molar-refractivity contribution in [3.63, 3.8) is 0 Å². The Morgan fingerprint density at radius 1 is 1.25 bits per heavy atom. The molecule has 0 radical (unpaired) electrons. The van der Waals surface area contributed by atoms with Crippen LogP contribution in [0.1, 0.15) is 44.0 Å². The molecule has 0 aliphatic rings. The predicted molar refractivity (Wildman–Crippen MR) is 87.0 cm³/mol. The molecule has 0 aliphatic heterocycles. The van der Waals surface area contributed by atoms with E-state index in [1.807, 2.05) is 12.1 Å². The third-order valence-electron chi connectivity index (χ3n) is 3.57. The van der Waals surface area contributed by atoms with Crippen LogP contribution in [0.5, 0.6) is 0 Å². The van der Waals surface area contributed by atoms with E-state index in [1.54, 1.807) is 11.8 Å². The lowest BCUT2D eigenvalue weighted by molar-refractivity contribution is 0.426. The van der Waals surface area contributed by atoms with E-state index in [4.69, 9.17) is 5.73 Å². The first kappa shape index (κ1) is 15.0. The first-order valence-corrected chi connectivity index (χ1v) is 8.15. The van der Waals surface area contributed by atoms with Gasteiger partial charge in [0, 0.05) is 22.5 Å². The van der Waals surface area contributed by atoms with E-state index in [0.717, 1.165) is 30.0 Å². The Kier molecular flexibility index (Phi) is 5.12. The van der Waals surface area contributed by atoms with Gasteiger partial charge in [0.1, 0.15) is 0 Å². The average Bonchev–Trinajstić information content (AvgIpc) is 2.90. The van der Waals surface area contributed by atoms with E-state index in [-0.39, 0.29) is 0 Å². The predicted octanol–water partition coefficient (Wildman–Crippen LogP) is 4.43. The quantitative estimate of drug-likeness (QED) is 0.632. The number of aromatic nitrogens is 2. The minimum Gasteiger partial charge on any atom is -0.399 e. The normalized spacial score (nSPS) is 11.2. The van der Waals surface area contributed by atoms with Gasteiger partial charge in [-0.25, -0.2) is 0 Å². The second-order valence-corrected chi connectivity index (χ2v) is 6.09. The van der Waals surface area contributed by atoms with Gasteiger partial charge in [0.2, 0.25) is 0 Å². The van der Waals surface area contributed by atoms with E-state index < -0.39 is 0 Å². The summed E-state index contributed by atoms with van der Waals surface area (Å²) >= 11 is 1.80. The molecule has 2 aromatic rings. The maximum Gasteiger partial charge on any atom is 0.0727 e. The minimum absolute atomic E-state index is 0.517.